The van der Waals surface area contributed by atoms with Crippen LogP contribution in [0.25, 0.3) is 0 Å². The molecule has 0 aromatic heterocycles. The number of nitrogens with two attached hydrogens (primary N) is 1. The molecule has 0 aliphatic carbocycles. The fourth-order valence-electron chi connectivity index (χ4n) is 1.86. The molecule has 0 atom stereocenters. The molecule has 0 saturated carbocycles. The van der Waals surface area contributed by atoms with Crippen LogP contribution < -0.4 is 15.8 Å². The van der Waals surface area contributed by atoms with E-state index in [-0.39, 0.29) is 0 Å². The van der Waals surface area contributed by atoms with Crippen LogP contribution in [0.5, 0.6) is 5.75 Å². The third-order valence-corrected chi connectivity index (χ3v) is 2.67. The highest BCUT2D eigenvalue weighted by atomic mass is 16.5. The second kappa shape index (κ2) is 5.14. The maximum atomic E-state index is 5.46. The smallest absolute Gasteiger partial charge is 0.122 e. The molecule has 3 nitrogen and oxygen atoms in total. The minimum Gasteiger partial charge on any atom is -0.493 e. The Labute approximate surface area is 90.6 Å². The minimum absolute atomic E-state index is 0.706. The largest absolute Gasteiger partial charge is 0.493 e. The number of hydrogen-bond donors (Lipinski definition) is 2. The van der Waals surface area contributed by atoms with E-state index in [4.69, 9.17) is 10.5 Å². The van der Waals surface area contributed by atoms with Crippen LogP contribution in [0, 0.1) is 0 Å². The summed E-state index contributed by atoms with van der Waals surface area (Å²) in [5, 5.41) is 3.30. The molecule has 0 spiro atoms. The summed E-state index contributed by atoms with van der Waals surface area (Å²) in [6, 6.07) is 6.49. The monoisotopic (exact) mass is 206 g/mol. The van der Waals surface area contributed by atoms with Gasteiger partial charge >= 0.3 is 0 Å². The maximum absolute atomic E-state index is 5.46. The SMILES string of the molecule is NCCNCCc1ccc2c(c1)CCO2. The van der Waals surface area contributed by atoms with E-state index in [1.807, 2.05) is 0 Å². The number of nitrogens with one attached hydrogen (secondary N) is 1. The summed E-state index contributed by atoms with van der Waals surface area (Å²) in [7, 11) is 0. The molecule has 0 unspecified atom stereocenters. The van der Waals surface area contributed by atoms with E-state index in [1.165, 1.54) is 11.1 Å². The van der Waals surface area contributed by atoms with Gasteiger partial charge in [0.05, 0.1) is 6.61 Å². The van der Waals surface area contributed by atoms with Crippen LogP contribution >= 0.6 is 0 Å². The van der Waals surface area contributed by atoms with Crippen molar-refractivity contribution in [2.75, 3.05) is 26.2 Å². The summed E-state index contributed by atoms with van der Waals surface area (Å²) in [4.78, 5) is 0. The quantitative estimate of drug-likeness (QED) is 0.698. The predicted molar refractivity (Wildman–Crippen MR) is 61.3 cm³/mol. The lowest BCUT2D eigenvalue weighted by Crippen LogP contribution is -2.24. The molecule has 0 bridgehead atoms. The van der Waals surface area contributed by atoms with E-state index in [2.05, 4.69) is 23.5 Å². The van der Waals surface area contributed by atoms with Crippen molar-refractivity contribution in [2.24, 2.45) is 5.73 Å². The molecular formula is C12H18N2O. The van der Waals surface area contributed by atoms with Crippen molar-refractivity contribution >= 4 is 0 Å². The fraction of sp³-hybridized carbons (Fsp3) is 0.500. The van der Waals surface area contributed by atoms with Gasteiger partial charge in [0.25, 0.3) is 0 Å². The summed E-state index contributed by atoms with van der Waals surface area (Å²) in [5.41, 5.74) is 8.13. The number of fused-ring (bicyclic) bond motifs is 1. The van der Waals surface area contributed by atoms with E-state index in [9.17, 15) is 0 Å². The fourth-order valence-corrected chi connectivity index (χ4v) is 1.86. The van der Waals surface area contributed by atoms with Crippen molar-refractivity contribution in [2.45, 2.75) is 12.8 Å². The van der Waals surface area contributed by atoms with Gasteiger partial charge in [-0.25, -0.2) is 0 Å². The third kappa shape index (κ3) is 2.70. The van der Waals surface area contributed by atoms with Gasteiger partial charge in [0.15, 0.2) is 0 Å². The standard InChI is InChI=1S/C12H18N2O/c13-5-7-14-6-3-10-1-2-12-11(9-10)4-8-15-12/h1-2,9,14H,3-8,13H2. The first-order valence-corrected chi connectivity index (χ1v) is 5.55. The number of rotatable bonds is 5. The summed E-state index contributed by atoms with van der Waals surface area (Å²) in [6.07, 6.45) is 2.12. The molecule has 0 saturated heterocycles. The highest BCUT2D eigenvalue weighted by molar-refractivity contribution is 5.39. The van der Waals surface area contributed by atoms with Crippen molar-refractivity contribution in [3.63, 3.8) is 0 Å². The van der Waals surface area contributed by atoms with Crippen LogP contribution in [0.2, 0.25) is 0 Å². The lowest BCUT2D eigenvalue weighted by atomic mass is 10.1. The minimum atomic E-state index is 0.706. The molecule has 1 heterocycles. The van der Waals surface area contributed by atoms with Crippen LogP contribution in [0.1, 0.15) is 11.1 Å². The Morgan fingerprint density at radius 1 is 1.33 bits per heavy atom. The van der Waals surface area contributed by atoms with Gasteiger partial charge in [-0.15, -0.1) is 0 Å². The highest BCUT2D eigenvalue weighted by Gasteiger charge is 2.11. The average Bonchev–Trinajstić information content (AvgIpc) is 2.71. The second-order valence-electron chi connectivity index (χ2n) is 3.83. The average molecular weight is 206 g/mol. The molecule has 3 N–H and O–H groups in total. The van der Waals surface area contributed by atoms with E-state index in [0.29, 0.717) is 6.54 Å². The van der Waals surface area contributed by atoms with Gasteiger partial charge in [0.2, 0.25) is 0 Å². The molecule has 1 aliphatic heterocycles. The van der Waals surface area contributed by atoms with Gasteiger partial charge in [-0.1, -0.05) is 12.1 Å². The predicted octanol–water partition coefficient (Wildman–Crippen LogP) is 0.712. The van der Waals surface area contributed by atoms with Crippen LogP contribution in [0.15, 0.2) is 18.2 Å². The van der Waals surface area contributed by atoms with E-state index in [1.54, 1.807) is 0 Å². The number of hydrogen-bond acceptors (Lipinski definition) is 3. The van der Waals surface area contributed by atoms with Crippen LogP contribution in [0.3, 0.4) is 0 Å². The molecule has 0 radical (unpaired) electrons. The molecule has 2 rings (SSSR count). The maximum Gasteiger partial charge on any atom is 0.122 e. The van der Waals surface area contributed by atoms with Crippen LogP contribution in [-0.2, 0) is 12.8 Å². The highest BCUT2D eigenvalue weighted by Crippen LogP contribution is 2.25. The summed E-state index contributed by atoms with van der Waals surface area (Å²) in [5.74, 6) is 1.06. The summed E-state index contributed by atoms with van der Waals surface area (Å²) in [6.45, 7) is 3.44. The normalized spacial score (nSPS) is 13.7. The van der Waals surface area contributed by atoms with Gasteiger partial charge in [-0.3, -0.25) is 0 Å². The summed E-state index contributed by atoms with van der Waals surface area (Å²) >= 11 is 0. The van der Waals surface area contributed by atoms with Gasteiger partial charge in [0, 0.05) is 19.5 Å². The van der Waals surface area contributed by atoms with Gasteiger partial charge in [0.1, 0.15) is 5.75 Å². The molecule has 1 aromatic carbocycles. The van der Waals surface area contributed by atoms with Crippen LogP contribution in [-0.4, -0.2) is 26.2 Å². The zero-order valence-corrected chi connectivity index (χ0v) is 8.96. The molecule has 0 fully saturated rings. The zero-order valence-electron chi connectivity index (χ0n) is 8.96. The van der Waals surface area contributed by atoms with E-state index < -0.39 is 0 Å². The Bertz CT molecular complexity index is 325. The van der Waals surface area contributed by atoms with Gasteiger partial charge in [-0.05, 0) is 30.2 Å². The molecule has 0 amide bonds. The first-order chi connectivity index (χ1) is 7.40. The number of benzene rings is 1. The molecule has 82 valence electrons. The molecule has 3 heteroatoms. The first kappa shape index (κ1) is 10.5. The second-order valence-corrected chi connectivity index (χ2v) is 3.83. The Morgan fingerprint density at radius 2 is 2.27 bits per heavy atom. The third-order valence-electron chi connectivity index (χ3n) is 2.67. The van der Waals surface area contributed by atoms with Gasteiger partial charge in [-0.2, -0.15) is 0 Å². The Kier molecular flexibility index (Phi) is 3.59. The lowest BCUT2D eigenvalue weighted by molar-refractivity contribution is 0.357. The molecular weight excluding hydrogens is 188 g/mol. The van der Waals surface area contributed by atoms with E-state index in [0.717, 1.165) is 38.3 Å². The van der Waals surface area contributed by atoms with E-state index >= 15 is 0 Å². The Morgan fingerprint density at radius 3 is 3.13 bits per heavy atom. The Hall–Kier alpha value is -1.06. The molecule has 1 aromatic rings. The van der Waals surface area contributed by atoms with Crippen molar-refractivity contribution < 1.29 is 4.74 Å². The topological polar surface area (TPSA) is 47.3 Å². The van der Waals surface area contributed by atoms with Crippen molar-refractivity contribution in [3.8, 4) is 5.75 Å². The number of ether oxygens (including phenoxy) is 1. The molecule has 15 heavy (non-hydrogen) atoms. The Balaban J connectivity index is 1.87. The van der Waals surface area contributed by atoms with Crippen LogP contribution in [0.4, 0.5) is 0 Å². The zero-order chi connectivity index (χ0) is 10.5. The van der Waals surface area contributed by atoms with Gasteiger partial charge < -0.3 is 15.8 Å². The van der Waals surface area contributed by atoms with Crippen molar-refractivity contribution in [1.82, 2.24) is 5.32 Å². The van der Waals surface area contributed by atoms with Crippen molar-refractivity contribution in [1.29, 1.82) is 0 Å². The van der Waals surface area contributed by atoms with Crippen molar-refractivity contribution in [3.05, 3.63) is 29.3 Å². The first-order valence-electron chi connectivity index (χ1n) is 5.55. The summed E-state index contributed by atoms with van der Waals surface area (Å²) < 4.78 is 5.46. The molecule has 1 aliphatic rings. The lowest BCUT2D eigenvalue weighted by Gasteiger charge is -2.05.